The molecule has 1 aromatic heterocycles. The zero-order valence-corrected chi connectivity index (χ0v) is 16.8. The van der Waals surface area contributed by atoms with Gasteiger partial charge in [0.05, 0.1) is 6.54 Å². The number of aryl methyl sites for hydroxylation is 1. The third kappa shape index (κ3) is 5.38. The summed E-state index contributed by atoms with van der Waals surface area (Å²) >= 11 is 1.19. The second kappa shape index (κ2) is 9.45. The minimum absolute atomic E-state index is 0.102. The summed E-state index contributed by atoms with van der Waals surface area (Å²) in [6.07, 6.45) is 1.45. The van der Waals surface area contributed by atoms with E-state index in [-0.39, 0.29) is 16.7 Å². The predicted octanol–water partition coefficient (Wildman–Crippen LogP) is 1.80. The molecule has 1 N–H and O–H groups in total. The van der Waals surface area contributed by atoms with Gasteiger partial charge < -0.3 is 10.2 Å². The van der Waals surface area contributed by atoms with Crippen LogP contribution in [0.1, 0.15) is 12.0 Å². The van der Waals surface area contributed by atoms with Gasteiger partial charge in [-0.1, -0.05) is 36.4 Å². The van der Waals surface area contributed by atoms with E-state index in [1.807, 2.05) is 30.3 Å². The first-order valence-electron chi connectivity index (χ1n) is 9.13. The fraction of sp³-hybridized carbons (Fsp3) is 0.421. The van der Waals surface area contributed by atoms with Crippen LogP contribution < -0.4 is 5.32 Å². The highest BCUT2D eigenvalue weighted by atomic mass is 32.2. The number of carbonyl (C=O) groups is 1. The molecule has 0 bridgehead atoms. The van der Waals surface area contributed by atoms with Crippen molar-refractivity contribution in [3.63, 3.8) is 0 Å². The van der Waals surface area contributed by atoms with Gasteiger partial charge in [-0.3, -0.25) is 4.79 Å². The van der Waals surface area contributed by atoms with Gasteiger partial charge in [0.15, 0.2) is 0 Å². The second-order valence-corrected chi connectivity index (χ2v) is 9.60. The van der Waals surface area contributed by atoms with Gasteiger partial charge in [0, 0.05) is 32.7 Å². The Hall–Kier alpha value is -1.74. The Balaban J connectivity index is 1.69. The van der Waals surface area contributed by atoms with Crippen LogP contribution in [0.25, 0.3) is 0 Å². The molecule has 0 atom stereocenters. The van der Waals surface area contributed by atoms with Gasteiger partial charge in [0.25, 0.3) is 10.0 Å². The number of rotatable bonds is 8. The van der Waals surface area contributed by atoms with Crippen molar-refractivity contribution in [2.24, 2.45) is 0 Å². The lowest BCUT2D eigenvalue weighted by atomic mass is 10.1. The number of amides is 1. The Labute approximate surface area is 164 Å². The Morgan fingerprint density at radius 1 is 1.11 bits per heavy atom. The molecule has 1 aromatic carbocycles. The van der Waals surface area contributed by atoms with Crippen LogP contribution >= 0.6 is 11.3 Å². The highest BCUT2D eigenvalue weighted by Crippen LogP contribution is 2.21. The second-order valence-electron chi connectivity index (χ2n) is 6.49. The van der Waals surface area contributed by atoms with Crippen LogP contribution in [-0.2, 0) is 21.2 Å². The van der Waals surface area contributed by atoms with Gasteiger partial charge in [-0.25, -0.2) is 8.42 Å². The van der Waals surface area contributed by atoms with E-state index in [0.29, 0.717) is 26.1 Å². The van der Waals surface area contributed by atoms with Gasteiger partial charge in [-0.2, -0.15) is 4.31 Å². The van der Waals surface area contributed by atoms with Gasteiger partial charge in [0.2, 0.25) is 5.91 Å². The number of nitrogens with one attached hydrogen (secondary N) is 1. The standard InChI is InChI=1S/C19H25N3O3S2/c23-18(21-13-10-20-11-14-21)16-22(27(24,25)19-9-5-15-26-19)12-4-8-17-6-2-1-3-7-17/h1-3,5-7,9,15,20H,4,8,10-14,16H2. The summed E-state index contributed by atoms with van der Waals surface area (Å²) in [5.74, 6) is -0.128. The number of carbonyl (C=O) groups excluding carboxylic acids is 1. The molecule has 1 saturated heterocycles. The van der Waals surface area contributed by atoms with E-state index in [2.05, 4.69) is 5.32 Å². The van der Waals surface area contributed by atoms with Crippen molar-refractivity contribution in [1.29, 1.82) is 0 Å². The minimum atomic E-state index is -3.66. The maximum absolute atomic E-state index is 13.0. The van der Waals surface area contributed by atoms with Crippen LogP contribution in [0.5, 0.6) is 0 Å². The normalized spacial score (nSPS) is 15.2. The average molecular weight is 408 g/mol. The van der Waals surface area contributed by atoms with E-state index in [1.165, 1.54) is 21.2 Å². The SMILES string of the molecule is O=C(CN(CCCc1ccccc1)S(=O)(=O)c1cccs1)N1CCNCC1. The van der Waals surface area contributed by atoms with Crippen LogP contribution in [0.4, 0.5) is 0 Å². The molecule has 0 spiro atoms. The van der Waals surface area contributed by atoms with Crippen molar-refractivity contribution in [2.45, 2.75) is 17.1 Å². The van der Waals surface area contributed by atoms with Crippen LogP contribution in [0.2, 0.25) is 0 Å². The zero-order chi connectivity index (χ0) is 19.1. The zero-order valence-electron chi connectivity index (χ0n) is 15.2. The van der Waals surface area contributed by atoms with E-state index >= 15 is 0 Å². The van der Waals surface area contributed by atoms with Gasteiger partial charge >= 0.3 is 0 Å². The molecule has 27 heavy (non-hydrogen) atoms. The van der Waals surface area contributed by atoms with Crippen LogP contribution in [0.15, 0.2) is 52.1 Å². The maximum atomic E-state index is 13.0. The van der Waals surface area contributed by atoms with Crippen molar-refractivity contribution in [3.8, 4) is 0 Å². The number of sulfonamides is 1. The Morgan fingerprint density at radius 3 is 2.52 bits per heavy atom. The first kappa shape index (κ1) is 20.0. The molecule has 3 rings (SSSR count). The van der Waals surface area contributed by atoms with E-state index in [9.17, 15) is 13.2 Å². The fourth-order valence-electron chi connectivity index (χ4n) is 3.09. The maximum Gasteiger partial charge on any atom is 0.253 e. The Bertz CT molecular complexity index is 817. The minimum Gasteiger partial charge on any atom is -0.339 e. The molecule has 8 heteroatoms. The summed E-state index contributed by atoms with van der Waals surface area (Å²) in [6.45, 7) is 2.96. The van der Waals surface area contributed by atoms with Crippen LogP contribution in [0, 0.1) is 0 Å². The van der Waals surface area contributed by atoms with Crippen molar-refractivity contribution in [1.82, 2.24) is 14.5 Å². The molecule has 2 heterocycles. The Kier molecular flexibility index (Phi) is 7.01. The molecule has 1 aliphatic rings. The fourth-order valence-corrected chi connectivity index (χ4v) is 5.66. The molecule has 0 aliphatic carbocycles. The molecule has 0 saturated carbocycles. The quantitative estimate of drug-likeness (QED) is 0.725. The smallest absolute Gasteiger partial charge is 0.253 e. The average Bonchev–Trinajstić information content (AvgIpc) is 3.24. The highest BCUT2D eigenvalue weighted by Gasteiger charge is 2.29. The topological polar surface area (TPSA) is 69.7 Å². The van der Waals surface area contributed by atoms with Crippen molar-refractivity contribution >= 4 is 27.3 Å². The molecular formula is C19H25N3O3S2. The highest BCUT2D eigenvalue weighted by molar-refractivity contribution is 7.91. The van der Waals surface area contributed by atoms with E-state index in [4.69, 9.17) is 0 Å². The number of piperazine rings is 1. The molecule has 6 nitrogen and oxygen atoms in total. The van der Waals surface area contributed by atoms with Gasteiger partial charge in [-0.05, 0) is 29.9 Å². The van der Waals surface area contributed by atoms with E-state index < -0.39 is 10.0 Å². The lowest BCUT2D eigenvalue weighted by Gasteiger charge is -2.30. The summed E-state index contributed by atoms with van der Waals surface area (Å²) in [5, 5.41) is 4.95. The van der Waals surface area contributed by atoms with Gasteiger partial charge in [-0.15, -0.1) is 11.3 Å². The monoisotopic (exact) mass is 407 g/mol. The molecule has 0 unspecified atom stereocenters. The molecule has 0 radical (unpaired) electrons. The number of nitrogens with zero attached hydrogens (tertiary/aromatic N) is 2. The molecule has 146 valence electrons. The van der Waals surface area contributed by atoms with E-state index in [1.54, 1.807) is 22.4 Å². The number of thiophene rings is 1. The van der Waals surface area contributed by atoms with Crippen molar-refractivity contribution < 1.29 is 13.2 Å². The summed E-state index contributed by atoms with van der Waals surface area (Å²) < 4.78 is 27.6. The number of benzene rings is 1. The summed E-state index contributed by atoms with van der Waals surface area (Å²) in [7, 11) is -3.66. The summed E-state index contributed by atoms with van der Waals surface area (Å²) in [5.41, 5.74) is 1.17. The Morgan fingerprint density at radius 2 is 1.85 bits per heavy atom. The number of hydrogen-bond donors (Lipinski definition) is 1. The summed E-state index contributed by atoms with van der Waals surface area (Å²) in [4.78, 5) is 14.4. The van der Waals surface area contributed by atoms with Crippen molar-refractivity contribution in [2.75, 3.05) is 39.3 Å². The lowest BCUT2D eigenvalue weighted by Crippen LogP contribution is -2.50. The third-order valence-corrected chi connectivity index (χ3v) is 7.80. The molecule has 1 amide bonds. The molecule has 1 aliphatic heterocycles. The first-order chi connectivity index (χ1) is 13.1. The predicted molar refractivity (Wildman–Crippen MR) is 107 cm³/mol. The van der Waals surface area contributed by atoms with E-state index in [0.717, 1.165) is 19.5 Å². The number of hydrogen-bond acceptors (Lipinski definition) is 5. The molecule has 1 fully saturated rings. The molecule has 2 aromatic rings. The summed E-state index contributed by atoms with van der Waals surface area (Å²) in [6, 6.07) is 13.3. The van der Waals surface area contributed by atoms with Crippen LogP contribution in [-0.4, -0.2) is 62.8 Å². The lowest BCUT2D eigenvalue weighted by molar-refractivity contribution is -0.131. The van der Waals surface area contributed by atoms with Crippen LogP contribution in [0.3, 0.4) is 0 Å². The largest absolute Gasteiger partial charge is 0.339 e. The first-order valence-corrected chi connectivity index (χ1v) is 11.5. The van der Waals surface area contributed by atoms with Crippen molar-refractivity contribution in [3.05, 3.63) is 53.4 Å². The van der Waals surface area contributed by atoms with Gasteiger partial charge in [0.1, 0.15) is 4.21 Å². The third-order valence-electron chi connectivity index (χ3n) is 4.59. The molecular weight excluding hydrogens is 382 g/mol.